The molecule has 1 unspecified atom stereocenters. The van der Waals surface area contributed by atoms with Gasteiger partial charge in [-0.05, 0) is 72.7 Å². The van der Waals surface area contributed by atoms with Crippen LogP contribution in [0.1, 0.15) is 35.2 Å². The molecule has 182 valence electrons. The molecule has 0 spiro atoms. The van der Waals surface area contributed by atoms with Crippen LogP contribution in [0.15, 0.2) is 66.4 Å². The van der Waals surface area contributed by atoms with E-state index in [1.165, 1.54) is 27.8 Å². The van der Waals surface area contributed by atoms with E-state index >= 15 is 0 Å². The topological polar surface area (TPSA) is 54.8 Å². The Bertz CT molecular complexity index is 1220. The minimum Gasteiger partial charge on any atom is -0.497 e. The highest BCUT2D eigenvalue weighted by molar-refractivity contribution is 6.30. The van der Waals surface area contributed by atoms with Gasteiger partial charge in [0.2, 0.25) is 0 Å². The van der Waals surface area contributed by atoms with Gasteiger partial charge in [-0.25, -0.2) is 0 Å². The number of nitrogens with zero attached hydrogens (tertiary/aromatic N) is 2. The number of halogens is 1. The number of ether oxygens (including phenoxy) is 2. The van der Waals surface area contributed by atoms with Crippen LogP contribution < -0.4 is 9.47 Å². The van der Waals surface area contributed by atoms with Gasteiger partial charge in [0.05, 0.1) is 12.8 Å². The van der Waals surface area contributed by atoms with Crippen LogP contribution in [0.5, 0.6) is 11.5 Å². The molecule has 2 aromatic carbocycles. The van der Waals surface area contributed by atoms with Crippen molar-refractivity contribution in [1.29, 1.82) is 0 Å². The van der Waals surface area contributed by atoms with E-state index in [4.69, 9.17) is 26.1 Å². The fourth-order valence-electron chi connectivity index (χ4n) is 5.12. The molecule has 6 heteroatoms. The second-order valence-corrected chi connectivity index (χ2v) is 9.67. The fourth-order valence-corrected chi connectivity index (χ4v) is 5.32. The standard InChI is InChI=1S/C29H31ClN2O3/c1-34-25-5-2-6-26(17-25)35-19-24(33)18-32-14-11-20(12-15-32)28-27-10-9-23(30)16-22(27)8-7-21-4-3-13-31-29(21)28/h2-6,9-10,13,16-17,24,33H,7-8,11-12,14-15,18-19H2,1H3. The molecule has 1 atom stereocenters. The average molecular weight is 491 g/mol. The molecule has 0 saturated carbocycles. The van der Waals surface area contributed by atoms with Crippen LogP contribution in [-0.4, -0.2) is 54.4 Å². The Morgan fingerprint density at radius 3 is 2.60 bits per heavy atom. The Morgan fingerprint density at radius 2 is 1.77 bits per heavy atom. The van der Waals surface area contributed by atoms with E-state index in [-0.39, 0.29) is 6.61 Å². The molecule has 1 N–H and O–H groups in total. The molecule has 1 saturated heterocycles. The number of likely N-dealkylation sites (tertiary alicyclic amines) is 1. The average Bonchev–Trinajstić information content (AvgIpc) is 3.05. The van der Waals surface area contributed by atoms with E-state index in [1.807, 2.05) is 42.6 Å². The molecule has 1 aromatic heterocycles. The molecule has 2 heterocycles. The maximum atomic E-state index is 10.6. The van der Waals surface area contributed by atoms with Crippen molar-refractivity contribution in [3.8, 4) is 11.5 Å². The number of hydrogen-bond acceptors (Lipinski definition) is 5. The summed E-state index contributed by atoms with van der Waals surface area (Å²) >= 11 is 6.34. The maximum absolute atomic E-state index is 10.6. The Morgan fingerprint density at radius 1 is 0.971 bits per heavy atom. The Kier molecular flexibility index (Phi) is 7.37. The van der Waals surface area contributed by atoms with Gasteiger partial charge >= 0.3 is 0 Å². The largest absolute Gasteiger partial charge is 0.497 e. The Hall–Kier alpha value is -2.86. The summed E-state index contributed by atoms with van der Waals surface area (Å²) in [7, 11) is 1.63. The van der Waals surface area contributed by atoms with Gasteiger partial charge in [0.15, 0.2) is 0 Å². The van der Waals surface area contributed by atoms with Crippen molar-refractivity contribution in [2.75, 3.05) is 33.4 Å². The predicted molar refractivity (Wildman–Crippen MR) is 139 cm³/mol. The van der Waals surface area contributed by atoms with Crippen molar-refractivity contribution >= 4 is 17.2 Å². The number of hydrogen-bond donors (Lipinski definition) is 1. The number of methoxy groups -OCH3 is 1. The van der Waals surface area contributed by atoms with Gasteiger partial charge < -0.3 is 14.6 Å². The number of β-amino-alcohol motifs (C(OH)–C–C–N with tert-alkyl or cyclic N) is 1. The lowest BCUT2D eigenvalue weighted by atomic mass is 9.88. The second kappa shape index (κ2) is 10.8. The Balaban J connectivity index is 1.28. The summed E-state index contributed by atoms with van der Waals surface area (Å²) in [6.45, 7) is 2.65. The van der Waals surface area contributed by atoms with Crippen molar-refractivity contribution in [2.45, 2.75) is 31.8 Å². The third-order valence-electron chi connectivity index (χ3n) is 6.89. The lowest BCUT2D eigenvalue weighted by Crippen LogP contribution is -2.39. The highest BCUT2D eigenvalue weighted by Crippen LogP contribution is 2.38. The first-order valence-electron chi connectivity index (χ1n) is 12.2. The van der Waals surface area contributed by atoms with Gasteiger partial charge in [-0.2, -0.15) is 0 Å². The van der Waals surface area contributed by atoms with Crippen molar-refractivity contribution in [3.05, 3.63) is 93.8 Å². The molecule has 35 heavy (non-hydrogen) atoms. The molecule has 2 aliphatic rings. The van der Waals surface area contributed by atoms with Crippen molar-refractivity contribution in [1.82, 2.24) is 9.88 Å². The van der Waals surface area contributed by atoms with Crippen LogP contribution in [0, 0.1) is 0 Å². The summed E-state index contributed by atoms with van der Waals surface area (Å²) < 4.78 is 11.0. The highest BCUT2D eigenvalue weighted by atomic mass is 35.5. The van der Waals surface area contributed by atoms with E-state index in [0.29, 0.717) is 12.3 Å². The number of aromatic nitrogens is 1. The molecule has 5 rings (SSSR count). The zero-order valence-electron chi connectivity index (χ0n) is 20.0. The maximum Gasteiger partial charge on any atom is 0.123 e. The van der Waals surface area contributed by atoms with E-state index in [9.17, 15) is 5.11 Å². The summed E-state index contributed by atoms with van der Waals surface area (Å²) in [4.78, 5) is 7.14. The van der Waals surface area contributed by atoms with Gasteiger partial charge in [0.25, 0.3) is 0 Å². The summed E-state index contributed by atoms with van der Waals surface area (Å²) in [5, 5.41) is 11.4. The third-order valence-corrected chi connectivity index (χ3v) is 7.13. The van der Waals surface area contributed by atoms with E-state index < -0.39 is 6.10 Å². The van der Waals surface area contributed by atoms with Crippen LogP contribution in [0.4, 0.5) is 0 Å². The molecule has 0 amide bonds. The number of rotatable bonds is 6. The summed E-state index contributed by atoms with van der Waals surface area (Å²) in [5.41, 5.74) is 7.70. The van der Waals surface area contributed by atoms with E-state index in [1.54, 1.807) is 7.11 Å². The van der Waals surface area contributed by atoms with Crippen molar-refractivity contribution in [2.24, 2.45) is 0 Å². The lowest BCUT2D eigenvalue weighted by molar-refractivity contribution is 0.0655. The van der Waals surface area contributed by atoms with Crippen molar-refractivity contribution < 1.29 is 14.6 Å². The first-order chi connectivity index (χ1) is 17.1. The first kappa shape index (κ1) is 23.9. The van der Waals surface area contributed by atoms with Gasteiger partial charge in [0, 0.05) is 42.5 Å². The van der Waals surface area contributed by atoms with E-state index in [2.05, 4.69) is 23.1 Å². The summed E-state index contributed by atoms with van der Waals surface area (Å²) in [5.74, 6) is 1.44. The number of benzene rings is 2. The van der Waals surface area contributed by atoms with Crippen LogP contribution in [0.3, 0.4) is 0 Å². The molecule has 1 aliphatic heterocycles. The van der Waals surface area contributed by atoms with Crippen LogP contribution in [0.25, 0.3) is 5.57 Å². The van der Waals surface area contributed by atoms with Gasteiger partial charge in [0.1, 0.15) is 24.2 Å². The minimum absolute atomic E-state index is 0.253. The molecule has 1 fully saturated rings. The number of fused-ring (bicyclic) bond motifs is 2. The summed E-state index contributed by atoms with van der Waals surface area (Å²) in [6.07, 6.45) is 5.19. The SMILES string of the molecule is COc1cccc(OCC(O)CN2CCC(=C3c4ccc(Cl)cc4CCc4cccnc43)CC2)c1. The second-order valence-electron chi connectivity index (χ2n) is 9.24. The quantitative estimate of drug-likeness (QED) is 0.516. The van der Waals surface area contributed by atoms with Gasteiger partial charge in [-0.15, -0.1) is 0 Å². The molecule has 5 nitrogen and oxygen atoms in total. The normalized spacial score (nSPS) is 16.8. The van der Waals surface area contributed by atoms with Gasteiger partial charge in [-0.3, -0.25) is 9.88 Å². The number of piperidine rings is 1. The molecule has 0 radical (unpaired) electrons. The molecule has 3 aromatic rings. The predicted octanol–water partition coefficient (Wildman–Crippen LogP) is 5.18. The van der Waals surface area contributed by atoms with Crippen LogP contribution >= 0.6 is 11.6 Å². The number of aliphatic hydroxyl groups excluding tert-OH is 1. The van der Waals surface area contributed by atoms with Crippen molar-refractivity contribution in [3.63, 3.8) is 0 Å². The molecular formula is C29H31ClN2O3. The number of aryl methyl sites for hydroxylation is 2. The lowest BCUT2D eigenvalue weighted by Gasteiger charge is -2.31. The number of aliphatic hydroxyl groups is 1. The van der Waals surface area contributed by atoms with Gasteiger partial charge in [-0.1, -0.05) is 35.4 Å². The smallest absolute Gasteiger partial charge is 0.123 e. The summed E-state index contributed by atoms with van der Waals surface area (Å²) in [6, 6.07) is 17.9. The Labute approximate surface area is 212 Å². The van der Waals surface area contributed by atoms with E-state index in [0.717, 1.165) is 55.2 Å². The van der Waals surface area contributed by atoms with Crippen LogP contribution in [0.2, 0.25) is 5.02 Å². The third kappa shape index (κ3) is 5.53. The van der Waals surface area contributed by atoms with Crippen LogP contribution in [-0.2, 0) is 12.8 Å². The minimum atomic E-state index is -0.557. The molecular weight excluding hydrogens is 460 g/mol. The molecule has 0 bridgehead atoms. The first-order valence-corrected chi connectivity index (χ1v) is 12.6. The number of pyridine rings is 1. The monoisotopic (exact) mass is 490 g/mol. The fraction of sp³-hybridized carbons (Fsp3) is 0.345. The zero-order chi connectivity index (χ0) is 24.2. The zero-order valence-corrected chi connectivity index (χ0v) is 20.8. The highest BCUT2D eigenvalue weighted by Gasteiger charge is 2.25. The molecule has 1 aliphatic carbocycles.